The number of hydrogen-bond donors (Lipinski definition) is 0. The van der Waals surface area contributed by atoms with Crippen LogP contribution in [0.15, 0.2) is 46.3 Å². The Bertz CT molecular complexity index is 1080. The number of amides is 1. The van der Waals surface area contributed by atoms with Crippen molar-refractivity contribution >= 4 is 39.2 Å². The summed E-state index contributed by atoms with van der Waals surface area (Å²) < 4.78 is 8.85. The number of ether oxygens (including phenoxy) is 1. The molecule has 0 aliphatic heterocycles. The lowest BCUT2D eigenvalue weighted by molar-refractivity contribution is 0.0996. The fourth-order valence-corrected chi connectivity index (χ4v) is 5.24. The summed E-state index contributed by atoms with van der Waals surface area (Å²) in [5, 5.41) is 0.465. The van der Waals surface area contributed by atoms with Gasteiger partial charge in [-0.1, -0.05) is 37.3 Å². The van der Waals surface area contributed by atoms with Gasteiger partial charge in [-0.15, -0.1) is 11.8 Å². The van der Waals surface area contributed by atoms with E-state index < -0.39 is 0 Å². The third-order valence-corrected chi connectivity index (χ3v) is 6.65. The number of carbonyl (C=O) groups excluding carboxylic acids is 1. The van der Waals surface area contributed by atoms with Gasteiger partial charge in [0.05, 0.1) is 16.8 Å². The maximum Gasteiger partial charge on any atom is 0.279 e. The van der Waals surface area contributed by atoms with Gasteiger partial charge < -0.3 is 9.30 Å². The third kappa shape index (κ3) is 5.38. The summed E-state index contributed by atoms with van der Waals surface area (Å²) in [4.78, 5) is 19.3. The quantitative estimate of drug-likeness (QED) is 0.363. The Labute approximate surface area is 180 Å². The summed E-state index contributed by atoms with van der Waals surface area (Å²) in [6, 6.07) is 12.1. The second-order valence-electron chi connectivity index (χ2n) is 7.27. The van der Waals surface area contributed by atoms with Crippen LogP contribution in [0.4, 0.5) is 0 Å². The Hall–Kier alpha value is -1.89. The van der Waals surface area contributed by atoms with E-state index >= 15 is 0 Å². The average Bonchev–Trinajstić information content (AvgIpc) is 2.99. The van der Waals surface area contributed by atoms with Crippen molar-refractivity contribution in [2.24, 2.45) is 4.99 Å². The van der Waals surface area contributed by atoms with Crippen molar-refractivity contribution in [1.29, 1.82) is 0 Å². The summed E-state index contributed by atoms with van der Waals surface area (Å²) in [7, 11) is 0. The first kappa shape index (κ1) is 21.8. The first-order chi connectivity index (χ1) is 13.9. The zero-order valence-electron chi connectivity index (χ0n) is 17.7. The van der Waals surface area contributed by atoms with Gasteiger partial charge in [0.1, 0.15) is 0 Å². The minimum Gasteiger partial charge on any atom is -0.380 e. The lowest BCUT2D eigenvalue weighted by Crippen LogP contribution is -2.19. The predicted octanol–water partition coefficient (Wildman–Crippen LogP) is 5.60. The summed E-state index contributed by atoms with van der Waals surface area (Å²) in [6.45, 7) is 12.4. The van der Waals surface area contributed by atoms with Crippen LogP contribution >= 0.6 is 23.1 Å². The molecule has 0 N–H and O–H groups in total. The Morgan fingerprint density at radius 3 is 2.76 bits per heavy atom. The lowest BCUT2D eigenvalue weighted by atomic mass is 10.1. The van der Waals surface area contributed by atoms with E-state index in [1.807, 2.05) is 31.2 Å². The van der Waals surface area contributed by atoms with Crippen LogP contribution in [0.25, 0.3) is 10.2 Å². The van der Waals surface area contributed by atoms with E-state index in [4.69, 9.17) is 4.74 Å². The number of thioether (sulfide) groups is 1. The molecule has 29 heavy (non-hydrogen) atoms. The van der Waals surface area contributed by atoms with E-state index in [9.17, 15) is 4.79 Å². The van der Waals surface area contributed by atoms with Gasteiger partial charge in [0.25, 0.3) is 5.91 Å². The van der Waals surface area contributed by atoms with Crippen LogP contribution in [-0.2, 0) is 11.3 Å². The Morgan fingerprint density at radius 1 is 1.24 bits per heavy atom. The first-order valence-corrected chi connectivity index (χ1v) is 11.6. The molecule has 0 unspecified atom stereocenters. The third-order valence-electron chi connectivity index (χ3n) is 4.43. The molecule has 3 rings (SSSR count). The zero-order chi connectivity index (χ0) is 21.0. The minimum atomic E-state index is -0.206. The monoisotopic (exact) mass is 428 g/mol. The second kappa shape index (κ2) is 9.74. The average molecular weight is 429 g/mol. The van der Waals surface area contributed by atoms with Crippen LogP contribution in [0.3, 0.4) is 0 Å². The summed E-state index contributed by atoms with van der Waals surface area (Å²) in [5.41, 5.74) is 4.15. The molecule has 1 heterocycles. The van der Waals surface area contributed by atoms with Crippen LogP contribution in [0.2, 0.25) is 0 Å². The second-order valence-corrected chi connectivity index (χ2v) is 9.90. The number of carbonyl (C=O) groups is 1. The molecule has 6 heteroatoms. The number of benzene rings is 2. The molecule has 0 aliphatic carbocycles. The molecule has 0 fully saturated rings. The van der Waals surface area contributed by atoms with Crippen molar-refractivity contribution in [1.82, 2.24) is 4.57 Å². The molecule has 1 aromatic heterocycles. The molecule has 0 radical (unpaired) electrons. The molecule has 0 saturated heterocycles. The topological polar surface area (TPSA) is 43.6 Å². The van der Waals surface area contributed by atoms with Crippen LogP contribution in [-0.4, -0.2) is 28.9 Å². The molecule has 3 aromatic rings. The largest absolute Gasteiger partial charge is 0.380 e. The first-order valence-electron chi connectivity index (χ1n) is 9.93. The molecule has 154 valence electrons. The molecule has 0 spiro atoms. The van der Waals surface area contributed by atoms with E-state index in [1.165, 1.54) is 15.8 Å². The smallest absolute Gasteiger partial charge is 0.279 e. The Balaban J connectivity index is 2.05. The Morgan fingerprint density at radius 2 is 2.03 bits per heavy atom. The van der Waals surface area contributed by atoms with Gasteiger partial charge in [-0.05, 0) is 56.2 Å². The number of rotatable bonds is 7. The molecule has 0 saturated carbocycles. The van der Waals surface area contributed by atoms with Gasteiger partial charge in [0.2, 0.25) is 0 Å². The van der Waals surface area contributed by atoms with Gasteiger partial charge in [-0.2, -0.15) is 4.99 Å². The van der Waals surface area contributed by atoms with E-state index in [0.717, 1.165) is 15.2 Å². The van der Waals surface area contributed by atoms with Crippen molar-refractivity contribution in [3.63, 3.8) is 0 Å². The number of hydrogen-bond acceptors (Lipinski definition) is 4. The maximum absolute atomic E-state index is 12.9. The highest BCUT2D eigenvalue weighted by molar-refractivity contribution is 7.99. The molecule has 0 aliphatic rings. The molecule has 2 aromatic carbocycles. The van der Waals surface area contributed by atoms with Crippen molar-refractivity contribution in [3.05, 3.63) is 57.9 Å². The van der Waals surface area contributed by atoms with Gasteiger partial charge in [-0.25, -0.2) is 0 Å². The summed E-state index contributed by atoms with van der Waals surface area (Å²) in [5.74, 6) is -0.206. The van der Waals surface area contributed by atoms with Crippen molar-refractivity contribution < 1.29 is 9.53 Å². The zero-order valence-corrected chi connectivity index (χ0v) is 19.3. The molecule has 1 amide bonds. The van der Waals surface area contributed by atoms with E-state index in [1.54, 1.807) is 23.1 Å². The number of fused-ring (bicyclic) bond motifs is 1. The highest BCUT2D eigenvalue weighted by Gasteiger charge is 2.12. The van der Waals surface area contributed by atoms with E-state index in [0.29, 0.717) is 30.6 Å². The van der Waals surface area contributed by atoms with Crippen LogP contribution in [0.5, 0.6) is 0 Å². The standard InChI is InChI=1S/C23H28N2O2S2/c1-6-27-11-10-25-20-13-16(4)12-17(5)21(20)29-23(25)24-22(26)18-8-7-9-19(14-18)28-15(2)3/h7-9,12-15H,6,10-11H2,1-5H3. The van der Waals surface area contributed by atoms with Crippen molar-refractivity contribution in [2.75, 3.05) is 13.2 Å². The van der Waals surface area contributed by atoms with Gasteiger partial charge in [-0.3, -0.25) is 4.79 Å². The lowest BCUT2D eigenvalue weighted by Gasteiger charge is -2.07. The number of nitrogens with zero attached hydrogens (tertiary/aromatic N) is 2. The maximum atomic E-state index is 12.9. The summed E-state index contributed by atoms with van der Waals surface area (Å²) >= 11 is 3.32. The molecular formula is C23H28N2O2S2. The number of aromatic nitrogens is 1. The molecule has 4 nitrogen and oxygen atoms in total. The SMILES string of the molecule is CCOCCn1c(=NC(=O)c2cccc(SC(C)C)c2)sc2c(C)cc(C)cc21. The van der Waals surface area contributed by atoms with E-state index in [2.05, 4.69) is 49.4 Å². The highest BCUT2D eigenvalue weighted by Crippen LogP contribution is 2.25. The van der Waals surface area contributed by atoms with Crippen LogP contribution in [0, 0.1) is 13.8 Å². The van der Waals surface area contributed by atoms with Gasteiger partial charge in [0, 0.05) is 28.9 Å². The summed E-state index contributed by atoms with van der Waals surface area (Å²) in [6.07, 6.45) is 0. The number of thiazole rings is 1. The highest BCUT2D eigenvalue weighted by atomic mass is 32.2. The van der Waals surface area contributed by atoms with Crippen molar-refractivity contribution in [2.45, 2.75) is 51.3 Å². The van der Waals surface area contributed by atoms with Gasteiger partial charge in [0.15, 0.2) is 4.80 Å². The Kier molecular flexibility index (Phi) is 7.33. The molecule has 0 atom stereocenters. The van der Waals surface area contributed by atoms with Crippen LogP contribution < -0.4 is 4.80 Å². The van der Waals surface area contributed by atoms with Crippen molar-refractivity contribution in [3.8, 4) is 0 Å². The molecule has 0 bridgehead atoms. The number of aryl methyl sites for hydroxylation is 2. The van der Waals surface area contributed by atoms with Gasteiger partial charge >= 0.3 is 0 Å². The predicted molar refractivity (Wildman–Crippen MR) is 123 cm³/mol. The van der Waals surface area contributed by atoms with Crippen LogP contribution in [0.1, 0.15) is 42.3 Å². The van der Waals surface area contributed by atoms with E-state index in [-0.39, 0.29) is 5.91 Å². The minimum absolute atomic E-state index is 0.206. The molecular weight excluding hydrogens is 400 g/mol. The fourth-order valence-electron chi connectivity index (χ4n) is 3.24. The fraction of sp³-hybridized carbons (Fsp3) is 0.391. The normalized spacial score (nSPS) is 12.3.